The lowest BCUT2D eigenvalue weighted by atomic mass is 10.2. The van der Waals surface area contributed by atoms with Crippen LogP contribution in [0.3, 0.4) is 0 Å². The van der Waals surface area contributed by atoms with E-state index in [1.807, 2.05) is 0 Å². The molecule has 0 aliphatic carbocycles. The third kappa shape index (κ3) is 5.09. The molecular weight excluding hydrogens is 323 g/mol. The average molecular weight is 332 g/mol. The van der Waals surface area contributed by atoms with Crippen molar-refractivity contribution in [2.75, 3.05) is 11.2 Å². The number of hydrogen-bond acceptors (Lipinski definition) is 6. The van der Waals surface area contributed by atoms with Crippen LogP contribution >= 0.6 is 11.6 Å². The first-order chi connectivity index (χ1) is 10.3. The minimum Gasteiger partial charge on any atom is -0.406 e. The minimum absolute atomic E-state index is 0.0150. The normalized spacial score (nSPS) is 11.6. The van der Waals surface area contributed by atoms with E-state index in [2.05, 4.69) is 25.2 Å². The molecule has 0 radical (unpaired) electrons. The van der Waals surface area contributed by atoms with Crippen LogP contribution in [0, 0.1) is 0 Å². The van der Waals surface area contributed by atoms with Crippen LogP contribution in [0.5, 0.6) is 5.75 Å². The lowest BCUT2D eigenvalue weighted by Gasteiger charge is -2.08. The van der Waals surface area contributed by atoms with Gasteiger partial charge in [0.05, 0.1) is 6.21 Å². The van der Waals surface area contributed by atoms with Crippen LogP contribution in [-0.4, -0.2) is 22.5 Å². The molecule has 0 fully saturated rings. The Morgan fingerprint density at radius 3 is 2.50 bits per heavy atom. The Labute approximate surface area is 127 Å². The van der Waals surface area contributed by atoms with Crippen molar-refractivity contribution in [2.24, 2.45) is 5.10 Å². The quantitative estimate of drug-likeness (QED) is 0.511. The molecule has 3 N–H and O–H groups in total. The van der Waals surface area contributed by atoms with Gasteiger partial charge in [-0.1, -0.05) is 11.6 Å². The first-order valence-corrected chi connectivity index (χ1v) is 6.14. The molecule has 0 amide bonds. The summed E-state index contributed by atoms with van der Waals surface area (Å²) in [6, 6.07) is 6.58. The van der Waals surface area contributed by atoms with Gasteiger partial charge in [0.2, 0.25) is 5.95 Å². The molecule has 10 heteroatoms. The average Bonchev–Trinajstić information content (AvgIpc) is 2.38. The predicted molar refractivity (Wildman–Crippen MR) is 75.8 cm³/mol. The summed E-state index contributed by atoms with van der Waals surface area (Å²) in [5.41, 5.74) is 8.53. The minimum atomic E-state index is -4.72. The number of anilines is 2. The molecule has 0 spiro atoms. The smallest absolute Gasteiger partial charge is 0.406 e. The zero-order valence-corrected chi connectivity index (χ0v) is 11.6. The number of benzene rings is 1. The van der Waals surface area contributed by atoms with Crippen LogP contribution in [0.15, 0.2) is 35.4 Å². The molecule has 0 saturated carbocycles. The molecule has 1 heterocycles. The van der Waals surface area contributed by atoms with Gasteiger partial charge in [-0.25, -0.2) is 4.98 Å². The summed E-state index contributed by atoms with van der Waals surface area (Å²) in [4.78, 5) is 7.51. The number of halogens is 4. The number of hydrogen-bond donors (Lipinski definition) is 2. The molecule has 116 valence electrons. The van der Waals surface area contributed by atoms with Crippen molar-refractivity contribution >= 4 is 29.6 Å². The maximum atomic E-state index is 12.0. The van der Waals surface area contributed by atoms with E-state index in [0.717, 1.165) is 0 Å². The molecule has 0 aliphatic heterocycles. The van der Waals surface area contributed by atoms with Crippen molar-refractivity contribution in [3.63, 3.8) is 0 Å². The molecule has 0 saturated heterocycles. The zero-order valence-electron chi connectivity index (χ0n) is 10.8. The second-order valence-corrected chi connectivity index (χ2v) is 4.31. The van der Waals surface area contributed by atoms with Gasteiger partial charge in [-0.05, 0) is 29.8 Å². The highest BCUT2D eigenvalue weighted by Gasteiger charge is 2.30. The highest BCUT2D eigenvalue weighted by atomic mass is 35.5. The van der Waals surface area contributed by atoms with Crippen LogP contribution in [0.4, 0.5) is 24.9 Å². The van der Waals surface area contributed by atoms with Crippen LogP contribution in [-0.2, 0) is 0 Å². The van der Waals surface area contributed by atoms with Gasteiger partial charge in [0, 0.05) is 6.07 Å². The van der Waals surface area contributed by atoms with Gasteiger partial charge < -0.3 is 10.5 Å². The topological polar surface area (TPSA) is 85.4 Å². The Kier molecular flexibility index (Phi) is 4.66. The van der Waals surface area contributed by atoms with E-state index in [1.54, 1.807) is 0 Å². The van der Waals surface area contributed by atoms with Crippen molar-refractivity contribution in [3.8, 4) is 5.75 Å². The van der Waals surface area contributed by atoms with Crippen molar-refractivity contribution in [2.45, 2.75) is 6.36 Å². The van der Waals surface area contributed by atoms with E-state index >= 15 is 0 Å². The fourth-order valence-corrected chi connectivity index (χ4v) is 1.61. The molecular formula is C12H9ClF3N5O. The summed E-state index contributed by atoms with van der Waals surface area (Å²) in [6.45, 7) is 0. The number of nitrogens with one attached hydrogen (secondary N) is 1. The number of hydrazone groups is 1. The van der Waals surface area contributed by atoms with Crippen LogP contribution in [0.1, 0.15) is 5.56 Å². The van der Waals surface area contributed by atoms with Crippen LogP contribution in [0.2, 0.25) is 5.15 Å². The second kappa shape index (κ2) is 6.48. The Balaban J connectivity index is 1.98. The molecule has 1 aromatic heterocycles. The SMILES string of the molecule is Nc1nc(Cl)cc(N/N=C/c2ccc(OC(F)(F)F)cc2)n1. The monoisotopic (exact) mass is 331 g/mol. The summed E-state index contributed by atoms with van der Waals surface area (Å²) in [5, 5.41) is 4.01. The standard InChI is InChI=1S/C12H9ClF3N5O/c13-9-5-10(20-11(17)19-9)21-18-6-7-1-3-8(4-2-7)22-12(14,15)16/h1-6H,(H3,17,19,20,21)/b18-6+. The highest BCUT2D eigenvalue weighted by Crippen LogP contribution is 2.22. The number of nitrogen functional groups attached to an aromatic ring is 1. The number of alkyl halides is 3. The van der Waals surface area contributed by atoms with Gasteiger partial charge in [-0.15, -0.1) is 13.2 Å². The fourth-order valence-electron chi connectivity index (χ4n) is 1.42. The fraction of sp³-hybridized carbons (Fsp3) is 0.0833. The van der Waals surface area contributed by atoms with Crippen LogP contribution < -0.4 is 15.9 Å². The van der Waals surface area contributed by atoms with E-state index in [1.165, 1.54) is 36.5 Å². The maximum Gasteiger partial charge on any atom is 0.573 e. The van der Waals surface area contributed by atoms with Gasteiger partial charge in [0.25, 0.3) is 0 Å². The van der Waals surface area contributed by atoms with Gasteiger partial charge in [-0.2, -0.15) is 10.1 Å². The number of nitrogens with zero attached hydrogens (tertiary/aromatic N) is 3. The summed E-state index contributed by atoms with van der Waals surface area (Å²) in [7, 11) is 0. The summed E-state index contributed by atoms with van der Waals surface area (Å²) < 4.78 is 39.8. The lowest BCUT2D eigenvalue weighted by Crippen LogP contribution is -2.17. The predicted octanol–water partition coefficient (Wildman–Crippen LogP) is 3.06. The van der Waals surface area contributed by atoms with Crippen LogP contribution in [0.25, 0.3) is 0 Å². The zero-order chi connectivity index (χ0) is 16.2. The molecule has 1 aromatic carbocycles. The van der Waals surface area contributed by atoms with E-state index in [-0.39, 0.29) is 22.7 Å². The van der Waals surface area contributed by atoms with Gasteiger partial charge in [0.1, 0.15) is 10.9 Å². The van der Waals surface area contributed by atoms with E-state index in [4.69, 9.17) is 17.3 Å². The van der Waals surface area contributed by atoms with Gasteiger partial charge in [-0.3, -0.25) is 5.43 Å². The first kappa shape index (κ1) is 15.8. The molecule has 0 atom stereocenters. The molecule has 22 heavy (non-hydrogen) atoms. The van der Waals surface area contributed by atoms with E-state index < -0.39 is 6.36 Å². The molecule has 6 nitrogen and oxygen atoms in total. The van der Waals surface area contributed by atoms with Gasteiger partial charge in [0.15, 0.2) is 5.82 Å². The highest BCUT2D eigenvalue weighted by molar-refractivity contribution is 6.29. The summed E-state index contributed by atoms with van der Waals surface area (Å²) >= 11 is 5.69. The Hall–Kier alpha value is -2.55. The molecule has 2 rings (SSSR count). The molecule has 0 aliphatic rings. The van der Waals surface area contributed by atoms with Gasteiger partial charge >= 0.3 is 6.36 Å². The summed E-state index contributed by atoms with van der Waals surface area (Å²) in [6.07, 6.45) is -3.34. The first-order valence-electron chi connectivity index (χ1n) is 5.77. The summed E-state index contributed by atoms with van der Waals surface area (Å²) in [5.74, 6) is -0.0439. The Bertz CT molecular complexity index is 655. The third-order valence-electron chi connectivity index (χ3n) is 2.22. The van der Waals surface area contributed by atoms with Crippen molar-refractivity contribution in [1.82, 2.24) is 9.97 Å². The second-order valence-electron chi connectivity index (χ2n) is 3.92. The van der Waals surface area contributed by atoms with Crippen molar-refractivity contribution < 1.29 is 17.9 Å². The van der Waals surface area contributed by atoms with E-state index in [9.17, 15) is 13.2 Å². The number of rotatable bonds is 4. The Morgan fingerprint density at radius 1 is 1.23 bits per heavy atom. The van der Waals surface area contributed by atoms with Crippen molar-refractivity contribution in [1.29, 1.82) is 0 Å². The molecule has 0 bridgehead atoms. The maximum absolute atomic E-state index is 12.0. The largest absolute Gasteiger partial charge is 0.573 e. The lowest BCUT2D eigenvalue weighted by molar-refractivity contribution is -0.274. The van der Waals surface area contributed by atoms with E-state index in [0.29, 0.717) is 5.56 Å². The third-order valence-corrected chi connectivity index (χ3v) is 2.41. The number of aromatic nitrogens is 2. The number of ether oxygens (including phenoxy) is 1. The molecule has 2 aromatic rings. The van der Waals surface area contributed by atoms with Crippen molar-refractivity contribution in [3.05, 3.63) is 41.0 Å². The molecule has 0 unspecified atom stereocenters. The number of nitrogens with two attached hydrogens (primary N) is 1. The Morgan fingerprint density at radius 2 is 1.91 bits per heavy atom.